The largest absolute Gasteiger partial charge is 0.870 e. The molecule has 0 aliphatic rings. The Morgan fingerprint density at radius 2 is 1.17 bits per heavy atom. The van der Waals surface area contributed by atoms with E-state index in [9.17, 15) is 0 Å². The van der Waals surface area contributed by atoms with Gasteiger partial charge in [-0.3, -0.25) is 0 Å². The lowest BCUT2D eigenvalue weighted by molar-refractivity contribution is 0.562. The molecule has 0 amide bonds. The molecule has 1 rings (SSSR count). The molecule has 1 aromatic carbocycles. The van der Waals surface area contributed by atoms with E-state index in [0.29, 0.717) is 0 Å². The number of unbranched alkanes of at least 4 members (excludes halogenated alkanes) is 9. The van der Waals surface area contributed by atoms with Crippen LogP contribution in [0.25, 0.3) is 0 Å². The number of hydrogen-bond acceptors (Lipinski definition) is 1. The minimum atomic E-state index is -0.738. The van der Waals surface area contributed by atoms with Crippen molar-refractivity contribution >= 4 is 7.26 Å². The van der Waals surface area contributed by atoms with Crippen molar-refractivity contribution in [3.8, 4) is 0 Å². The van der Waals surface area contributed by atoms with Crippen LogP contribution < -0.4 is 0 Å². The van der Waals surface area contributed by atoms with E-state index in [1.54, 1.807) is 0 Å². The molecule has 1 N–H and O–H groups in total. The predicted molar refractivity (Wildman–Crippen MR) is 108 cm³/mol. The summed E-state index contributed by atoms with van der Waals surface area (Å²) in [5.41, 5.74) is 1.54. The maximum Gasteiger partial charge on any atom is 0.0837 e. The second kappa shape index (κ2) is 14.0. The Morgan fingerprint density at radius 1 is 0.696 bits per heavy atom. The van der Waals surface area contributed by atoms with Crippen molar-refractivity contribution in [3.05, 3.63) is 35.9 Å². The van der Waals surface area contributed by atoms with Gasteiger partial charge < -0.3 is 5.48 Å². The van der Waals surface area contributed by atoms with Crippen molar-refractivity contribution in [3.63, 3.8) is 0 Å². The van der Waals surface area contributed by atoms with Gasteiger partial charge in [-0.1, -0.05) is 88.6 Å². The summed E-state index contributed by atoms with van der Waals surface area (Å²) in [5.74, 6) is 0. The van der Waals surface area contributed by atoms with Gasteiger partial charge in [-0.25, -0.2) is 0 Å². The normalized spacial score (nSPS) is 11.3. The summed E-state index contributed by atoms with van der Waals surface area (Å²) >= 11 is 0. The zero-order valence-electron chi connectivity index (χ0n) is 15.8. The Balaban J connectivity index is 0.00000484. The minimum Gasteiger partial charge on any atom is -0.870 e. The lowest BCUT2D eigenvalue weighted by Gasteiger charge is -2.18. The predicted octanol–water partition coefficient (Wildman–Crippen LogP) is 7.21. The molecule has 2 heteroatoms. The molecule has 0 atom stereocenters. The zero-order chi connectivity index (χ0) is 16.1. The van der Waals surface area contributed by atoms with Crippen LogP contribution in [0.4, 0.5) is 0 Å². The number of benzene rings is 1. The SMILES string of the molecule is CCCCCCCCCCCC[P+](C)(C)Cc1ccccc1.[OH-]. The molecule has 0 aliphatic heterocycles. The Labute approximate surface area is 145 Å². The maximum atomic E-state index is 2.54. The Morgan fingerprint density at radius 3 is 1.70 bits per heavy atom. The van der Waals surface area contributed by atoms with Gasteiger partial charge in [-0.05, 0) is 18.4 Å². The van der Waals surface area contributed by atoms with Crippen LogP contribution in [0.5, 0.6) is 0 Å². The molecule has 0 aliphatic carbocycles. The fraction of sp³-hybridized carbons (Fsp3) is 0.714. The molecule has 0 bridgehead atoms. The molecular weight excluding hydrogens is 299 g/mol. The molecule has 1 nitrogen and oxygen atoms in total. The second-order valence-corrected chi connectivity index (χ2v) is 12.1. The Kier molecular flexibility index (Phi) is 13.8. The third-order valence-corrected chi connectivity index (χ3v) is 7.32. The van der Waals surface area contributed by atoms with Crippen LogP contribution in [0.2, 0.25) is 0 Å². The van der Waals surface area contributed by atoms with E-state index < -0.39 is 7.26 Å². The van der Waals surface area contributed by atoms with E-state index in [1.807, 2.05) is 0 Å². The molecule has 23 heavy (non-hydrogen) atoms. The summed E-state index contributed by atoms with van der Waals surface area (Å²) in [4.78, 5) is 0. The van der Waals surface area contributed by atoms with Crippen LogP contribution in [-0.2, 0) is 6.16 Å². The highest BCUT2D eigenvalue weighted by Crippen LogP contribution is 2.54. The molecule has 0 aromatic heterocycles. The second-order valence-electron chi connectivity index (χ2n) is 7.49. The summed E-state index contributed by atoms with van der Waals surface area (Å²) in [5, 5.41) is 0. The average Bonchev–Trinajstić information content (AvgIpc) is 2.49. The summed E-state index contributed by atoms with van der Waals surface area (Å²) in [7, 11) is -0.738. The van der Waals surface area contributed by atoms with Gasteiger partial charge >= 0.3 is 0 Å². The fourth-order valence-electron chi connectivity index (χ4n) is 3.18. The lowest BCUT2D eigenvalue weighted by atomic mass is 10.1. The number of hydrogen-bond donors (Lipinski definition) is 0. The fourth-order valence-corrected chi connectivity index (χ4v) is 5.62. The molecule has 0 radical (unpaired) electrons. The van der Waals surface area contributed by atoms with Gasteiger partial charge in [-0.15, -0.1) is 0 Å². The summed E-state index contributed by atoms with van der Waals surface area (Å²) in [6.07, 6.45) is 17.3. The molecule has 0 spiro atoms. The van der Waals surface area contributed by atoms with Crippen LogP contribution in [0.1, 0.15) is 76.7 Å². The average molecular weight is 339 g/mol. The third-order valence-electron chi connectivity index (χ3n) is 4.57. The van der Waals surface area contributed by atoms with Crippen molar-refractivity contribution in [1.82, 2.24) is 0 Å². The van der Waals surface area contributed by atoms with E-state index >= 15 is 0 Å². The van der Waals surface area contributed by atoms with Crippen molar-refractivity contribution in [2.45, 2.75) is 77.3 Å². The number of rotatable bonds is 13. The molecule has 0 unspecified atom stereocenters. The zero-order valence-corrected chi connectivity index (χ0v) is 16.7. The molecule has 0 saturated heterocycles. The monoisotopic (exact) mass is 338 g/mol. The Bertz CT molecular complexity index is 361. The van der Waals surface area contributed by atoms with Crippen molar-refractivity contribution in [1.29, 1.82) is 0 Å². The van der Waals surface area contributed by atoms with Crippen molar-refractivity contribution in [2.24, 2.45) is 0 Å². The van der Waals surface area contributed by atoms with Crippen LogP contribution in [-0.4, -0.2) is 25.0 Å². The smallest absolute Gasteiger partial charge is 0.0837 e. The molecule has 134 valence electrons. The van der Waals surface area contributed by atoms with Gasteiger partial charge in [0.2, 0.25) is 0 Å². The maximum absolute atomic E-state index is 2.54. The summed E-state index contributed by atoms with van der Waals surface area (Å²) in [6.45, 7) is 7.36. The topological polar surface area (TPSA) is 30.0 Å². The first-order valence-electron chi connectivity index (χ1n) is 9.50. The van der Waals surface area contributed by atoms with E-state index in [1.165, 1.54) is 82.1 Å². The summed E-state index contributed by atoms with van der Waals surface area (Å²) < 4.78 is 0. The van der Waals surface area contributed by atoms with E-state index in [0.717, 1.165) is 0 Å². The minimum absolute atomic E-state index is 0. The summed E-state index contributed by atoms with van der Waals surface area (Å²) in [6, 6.07) is 11.1. The van der Waals surface area contributed by atoms with E-state index in [2.05, 4.69) is 50.6 Å². The van der Waals surface area contributed by atoms with Crippen LogP contribution in [0.15, 0.2) is 30.3 Å². The van der Waals surface area contributed by atoms with Gasteiger partial charge in [-0.2, -0.15) is 0 Å². The lowest BCUT2D eigenvalue weighted by Crippen LogP contribution is -1.99. The van der Waals surface area contributed by atoms with Gasteiger partial charge in [0, 0.05) is 20.6 Å². The molecule has 0 saturated carbocycles. The quantitative estimate of drug-likeness (QED) is 0.276. The highest BCUT2D eigenvalue weighted by molar-refractivity contribution is 7.73. The molecule has 0 heterocycles. The van der Waals surface area contributed by atoms with E-state index in [-0.39, 0.29) is 5.48 Å². The first-order chi connectivity index (χ1) is 10.6. The molecular formula is C21H39OP. The first-order valence-corrected chi connectivity index (χ1v) is 12.6. The highest BCUT2D eigenvalue weighted by atomic mass is 31.2. The van der Waals surface area contributed by atoms with Crippen LogP contribution in [0, 0.1) is 0 Å². The molecule has 1 aromatic rings. The Hall–Kier alpha value is -0.390. The van der Waals surface area contributed by atoms with Gasteiger partial charge in [0.25, 0.3) is 0 Å². The molecule has 0 fully saturated rings. The van der Waals surface area contributed by atoms with Crippen molar-refractivity contribution < 1.29 is 5.48 Å². The highest BCUT2D eigenvalue weighted by Gasteiger charge is 2.24. The standard InChI is InChI=1S/C21H38P.H2O/c1-4-5-6-7-8-9-10-11-12-16-19-22(2,3)20-21-17-14-13-15-18-21;/h13-15,17-18H,4-12,16,19-20H2,1-3H3;1H2/q+1;/p-1. The third kappa shape index (κ3) is 12.7. The van der Waals surface area contributed by atoms with Crippen LogP contribution in [0.3, 0.4) is 0 Å². The van der Waals surface area contributed by atoms with E-state index in [4.69, 9.17) is 0 Å². The van der Waals surface area contributed by atoms with Gasteiger partial charge in [0.15, 0.2) is 0 Å². The van der Waals surface area contributed by atoms with Crippen molar-refractivity contribution in [2.75, 3.05) is 19.5 Å². The van der Waals surface area contributed by atoms with Gasteiger partial charge in [0.05, 0.1) is 12.3 Å². The van der Waals surface area contributed by atoms with Gasteiger partial charge in [0.1, 0.15) is 0 Å². The first kappa shape index (κ1) is 22.6. The van der Waals surface area contributed by atoms with Crippen LogP contribution >= 0.6 is 7.26 Å².